The van der Waals surface area contributed by atoms with Crippen molar-refractivity contribution < 1.29 is 0 Å². The van der Waals surface area contributed by atoms with Crippen molar-refractivity contribution >= 4 is 21.7 Å². The predicted octanol–water partition coefficient (Wildman–Crippen LogP) is 5.17. The van der Waals surface area contributed by atoms with Gasteiger partial charge in [0.25, 0.3) is 0 Å². The first-order valence-electron chi connectivity index (χ1n) is 7.55. The van der Waals surface area contributed by atoms with Gasteiger partial charge in [-0.2, -0.15) is 4.55 Å². The molecule has 1 heteroatoms. The summed E-state index contributed by atoms with van der Waals surface area (Å²) in [5.74, 6) is 2.07. The zero-order chi connectivity index (χ0) is 13.9. The van der Waals surface area contributed by atoms with Gasteiger partial charge in [0.2, 0.25) is 21.7 Å². The van der Waals surface area contributed by atoms with Gasteiger partial charge in [-0.05, 0) is 35.2 Å². The summed E-state index contributed by atoms with van der Waals surface area (Å²) in [6.07, 6.45) is 7.70. The van der Waals surface area contributed by atoms with Crippen molar-refractivity contribution in [2.45, 2.75) is 58.9 Å². The molecule has 0 aromatic rings. The summed E-state index contributed by atoms with van der Waals surface area (Å²) < 4.78 is 1.31. The van der Waals surface area contributed by atoms with Crippen molar-refractivity contribution in [3.63, 3.8) is 0 Å². The van der Waals surface area contributed by atoms with E-state index in [4.69, 9.17) is 0 Å². The second-order valence-corrected chi connectivity index (χ2v) is 7.55. The van der Waals surface area contributed by atoms with Crippen LogP contribution in [0.2, 0.25) is 4.55 Å². The molecule has 0 aliphatic heterocycles. The first-order valence-corrected chi connectivity index (χ1v) is 8.55. The summed E-state index contributed by atoms with van der Waals surface area (Å²) in [6, 6.07) is 0. The van der Waals surface area contributed by atoms with E-state index in [1.807, 2.05) is 0 Å². The SMILES string of the molecule is CC(C)C1=CC(C[CH2][Mg])(C(C)C)CC(C(C)C)=C1. The maximum absolute atomic E-state index is 2.61. The highest BCUT2D eigenvalue weighted by Crippen LogP contribution is 2.46. The largest absolute Gasteiger partial charge is 0.222 e. The number of hydrogen-bond acceptors (Lipinski definition) is 0. The van der Waals surface area contributed by atoms with Crippen LogP contribution in [-0.4, -0.2) is 21.7 Å². The molecule has 1 radical (unpaired) electrons. The molecule has 18 heavy (non-hydrogen) atoms. The van der Waals surface area contributed by atoms with Gasteiger partial charge in [-0.25, -0.2) is 0 Å². The Bertz CT molecular complexity index is 334. The van der Waals surface area contributed by atoms with Gasteiger partial charge in [-0.15, -0.1) is 0 Å². The summed E-state index contributed by atoms with van der Waals surface area (Å²) in [5.41, 5.74) is 3.64. The first-order chi connectivity index (χ1) is 8.32. The van der Waals surface area contributed by atoms with Crippen LogP contribution in [0.5, 0.6) is 0 Å². The quantitative estimate of drug-likeness (QED) is 0.596. The predicted molar refractivity (Wildman–Crippen MR) is 82.9 cm³/mol. The molecule has 0 aromatic carbocycles. The van der Waals surface area contributed by atoms with Gasteiger partial charge in [0.05, 0.1) is 0 Å². The number of hydrogen-bond donors (Lipinski definition) is 0. The van der Waals surface area contributed by atoms with Gasteiger partial charge >= 0.3 is 0 Å². The molecule has 1 rings (SSSR count). The lowest BCUT2D eigenvalue weighted by atomic mass is 9.65. The van der Waals surface area contributed by atoms with Crippen molar-refractivity contribution in [3.8, 4) is 0 Å². The molecule has 0 fully saturated rings. The first kappa shape index (κ1) is 16.3. The van der Waals surface area contributed by atoms with Gasteiger partial charge in [-0.3, -0.25) is 0 Å². The summed E-state index contributed by atoms with van der Waals surface area (Å²) in [4.78, 5) is 0. The lowest BCUT2D eigenvalue weighted by Gasteiger charge is -2.41. The summed E-state index contributed by atoms with van der Waals surface area (Å²) in [5, 5.41) is 0. The average Bonchev–Trinajstić information content (AvgIpc) is 2.28. The van der Waals surface area contributed by atoms with E-state index in [0.29, 0.717) is 17.3 Å². The van der Waals surface area contributed by atoms with E-state index in [9.17, 15) is 0 Å². The normalized spacial score (nSPS) is 24.7. The maximum atomic E-state index is 2.61. The fourth-order valence-electron chi connectivity index (χ4n) is 2.92. The summed E-state index contributed by atoms with van der Waals surface area (Å²) in [6.45, 7) is 14.1. The molecule has 1 unspecified atom stereocenters. The molecule has 0 heterocycles. The Morgan fingerprint density at radius 3 is 2.11 bits per heavy atom. The third-order valence-electron chi connectivity index (χ3n) is 4.54. The molecule has 1 aliphatic carbocycles. The molecule has 0 saturated carbocycles. The lowest BCUT2D eigenvalue weighted by Crippen LogP contribution is -2.29. The lowest BCUT2D eigenvalue weighted by molar-refractivity contribution is 0.240. The Hall–Kier alpha value is 0.246. The van der Waals surface area contributed by atoms with Gasteiger partial charge in [0, 0.05) is 0 Å². The van der Waals surface area contributed by atoms with Crippen LogP contribution in [-0.2, 0) is 0 Å². The van der Waals surface area contributed by atoms with Gasteiger partial charge in [0.1, 0.15) is 0 Å². The van der Waals surface area contributed by atoms with E-state index in [1.165, 1.54) is 17.4 Å². The van der Waals surface area contributed by atoms with E-state index in [1.54, 1.807) is 11.1 Å². The third kappa shape index (κ3) is 3.63. The second kappa shape index (κ2) is 6.61. The fraction of sp³-hybridized carbons (Fsp3) is 0.765. The van der Waals surface area contributed by atoms with Crippen molar-refractivity contribution in [2.24, 2.45) is 23.2 Å². The van der Waals surface area contributed by atoms with E-state index < -0.39 is 0 Å². The highest BCUT2D eigenvalue weighted by atomic mass is 24.4. The van der Waals surface area contributed by atoms with Crippen LogP contribution in [0.1, 0.15) is 54.4 Å². The molecule has 0 amide bonds. The second-order valence-electron chi connectivity index (χ2n) is 6.84. The zero-order valence-corrected chi connectivity index (χ0v) is 14.6. The topological polar surface area (TPSA) is 0 Å². The zero-order valence-electron chi connectivity index (χ0n) is 13.2. The van der Waals surface area contributed by atoms with Crippen LogP contribution in [0, 0.1) is 23.2 Å². The van der Waals surface area contributed by atoms with Crippen LogP contribution >= 0.6 is 0 Å². The molecule has 1 aliphatic rings. The van der Waals surface area contributed by atoms with Gasteiger partial charge < -0.3 is 0 Å². The number of rotatable bonds is 5. The van der Waals surface area contributed by atoms with E-state index >= 15 is 0 Å². The minimum absolute atomic E-state index is 0.412. The molecule has 0 bridgehead atoms. The molecule has 0 saturated heterocycles. The van der Waals surface area contributed by atoms with Gasteiger partial charge in [-0.1, -0.05) is 65.7 Å². The Labute approximate surface area is 127 Å². The van der Waals surface area contributed by atoms with Crippen LogP contribution in [0.15, 0.2) is 23.3 Å². The third-order valence-corrected chi connectivity index (χ3v) is 4.89. The molecule has 0 spiro atoms. The van der Waals surface area contributed by atoms with Crippen molar-refractivity contribution in [2.75, 3.05) is 0 Å². The Balaban J connectivity index is 3.18. The van der Waals surface area contributed by atoms with E-state index in [2.05, 4.69) is 75.4 Å². The minimum Gasteiger partial charge on any atom is -0.176 e. The van der Waals surface area contributed by atoms with E-state index in [-0.39, 0.29) is 0 Å². The van der Waals surface area contributed by atoms with Crippen molar-refractivity contribution in [3.05, 3.63) is 23.3 Å². The molecule has 1 atom stereocenters. The minimum atomic E-state index is 0.412. The fourth-order valence-corrected chi connectivity index (χ4v) is 3.58. The molecule has 0 nitrogen and oxygen atoms in total. The molecule has 0 aromatic heterocycles. The standard InChI is InChI=1S/C17H29.Mg/c1-8-17(14(6)7)10-15(12(2)3)9-16(11-17)13(4)5;/h9-10,12-14H,1,8,11H2,2-7H3;. The molecule has 0 N–H and O–H groups in total. The van der Waals surface area contributed by atoms with Crippen LogP contribution in [0.4, 0.5) is 0 Å². The highest BCUT2D eigenvalue weighted by Gasteiger charge is 2.34. The smallest absolute Gasteiger partial charge is 0.176 e. The number of allylic oxidation sites excluding steroid dienone is 4. The Morgan fingerprint density at radius 1 is 1.11 bits per heavy atom. The monoisotopic (exact) mass is 257 g/mol. The van der Waals surface area contributed by atoms with Crippen molar-refractivity contribution in [1.82, 2.24) is 0 Å². The van der Waals surface area contributed by atoms with Crippen LogP contribution < -0.4 is 0 Å². The molecule has 99 valence electrons. The summed E-state index contributed by atoms with van der Waals surface area (Å²) >= 11 is 2.12. The van der Waals surface area contributed by atoms with Gasteiger partial charge in [0.15, 0.2) is 0 Å². The van der Waals surface area contributed by atoms with Crippen LogP contribution in [0.3, 0.4) is 0 Å². The van der Waals surface area contributed by atoms with E-state index in [0.717, 1.165) is 5.92 Å². The summed E-state index contributed by atoms with van der Waals surface area (Å²) in [7, 11) is 0. The van der Waals surface area contributed by atoms with Crippen LogP contribution in [0.25, 0.3) is 0 Å². The maximum Gasteiger partial charge on any atom is 0.222 e. The molecular formula is C17H29Mg. The Kier molecular flexibility index (Phi) is 5.98. The Morgan fingerprint density at radius 2 is 1.72 bits per heavy atom. The van der Waals surface area contributed by atoms with Crippen molar-refractivity contribution in [1.29, 1.82) is 0 Å². The average molecular weight is 258 g/mol. The highest BCUT2D eigenvalue weighted by molar-refractivity contribution is 6.08. The molecular weight excluding hydrogens is 228 g/mol.